The molecule has 0 saturated heterocycles. The topological polar surface area (TPSA) is 79.5 Å². The third-order valence-electron chi connectivity index (χ3n) is 2.55. The quantitative estimate of drug-likeness (QED) is 0.688. The number of benzene rings is 1. The molecule has 20 heavy (non-hydrogen) atoms. The standard InChI is InChI=1S/C14H21N3O3/c1-3-9-15-14(19)17-16-13(18)10-20-12-7-5-11(4-2)6-8-12/h5-8H,3-4,9-10H2,1-2H3,(H,16,18)(H2,15,17,19). The van der Waals surface area contributed by atoms with E-state index in [0.717, 1.165) is 12.8 Å². The van der Waals surface area contributed by atoms with Crippen molar-refractivity contribution in [1.29, 1.82) is 0 Å². The summed E-state index contributed by atoms with van der Waals surface area (Å²) < 4.78 is 5.30. The Morgan fingerprint density at radius 3 is 2.40 bits per heavy atom. The zero-order valence-corrected chi connectivity index (χ0v) is 11.9. The highest BCUT2D eigenvalue weighted by atomic mass is 16.5. The Balaban J connectivity index is 2.23. The van der Waals surface area contributed by atoms with Crippen molar-refractivity contribution in [2.75, 3.05) is 13.2 Å². The number of hydrazine groups is 1. The van der Waals surface area contributed by atoms with Gasteiger partial charge in [0.15, 0.2) is 6.61 Å². The van der Waals surface area contributed by atoms with E-state index in [1.54, 1.807) is 0 Å². The van der Waals surface area contributed by atoms with Crippen LogP contribution < -0.4 is 20.9 Å². The van der Waals surface area contributed by atoms with Gasteiger partial charge in [0.2, 0.25) is 0 Å². The third-order valence-corrected chi connectivity index (χ3v) is 2.55. The second kappa shape index (κ2) is 8.79. The number of amides is 3. The van der Waals surface area contributed by atoms with Gasteiger partial charge in [-0.15, -0.1) is 0 Å². The molecule has 6 nitrogen and oxygen atoms in total. The lowest BCUT2D eigenvalue weighted by atomic mass is 10.2. The summed E-state index contributed by atoms with van der Waals surface area (Å²) in [5, 5.41) is 2.57. The predicted molar refractivity (Wildman–Crippen MR) is 76.3 cm³/mol. The van der Waals surface area contributed by atoms with E-state index in [1.807, 2.05) is 31.2 Å². The van der Waals surface area contributed by atoms with Crippen molar-refractivity contribution < 1.29 is 14.3 Å². The minimum absolute atomic E-state index is 0.153. The number of carbonyl (C=O) groups excluding carboxylic acids is 2. The molecule has 0 saturated carbocycles. The van der Waals surface area contributed by atoms with Crippen LogP contribution in [0.15, 0.2) is 24.3 Å². The minimum Gasteiger partial charge on any atom is -0.484 e. The molecule has 3 N–H and O–H groups in total. The van der Waals surface area contributed by atoms with Gasteiger partial charge >= 0.3 is 6.03 Å². The van der Waals surface area contributed by atoms with Gasteiger partial charge in [0, 0.05) is 6.54 Å². The van der Waals surface area contributed by atoms with Gasteiger partial charge in [0.05, 0.1) is 0 Å². The molecule has 0 aliphatic rings. The Bertz CT molecular complexity index is 432. The Hall–Kier alpha value is -2.24. The Labute approximate surface area is 118 Å². The average molecular weight is 279 g/mol. The summed E-state index contributed by atoms with van der Waals surface area (Å²) in [6.07, 6.45) is 1.79. The van der Waals surface area contributed by atoms with Crippen molar-refractivity contribution in [3.63, 3.8) is 0 Å². The molecule has 0 fully saturated rings. The van der Waals surface area contributed by atoms with E-state index in [1.165, 1.54) is 5.56 Å². The van der Waals surface area contributed by atoms with Crippen LogP contribution in [0.1, 0.15) is 25.8 Å². The first-order chi connectivity index (χ1) is 9.65. The molecule has 3 amide bonds. The predicted octanol–water partition coefficient (Wildman–Crippen LogP) is 1.37. The second-order valence-electron chi connectivity index (χ2n) is 4.22. The lowest BCUT2D eigenvalue weighted by Gasteiger charge is -2.09. The van der Waals surface area contributed by atoms with Crippen molar-refractivity contribution in [3.8, 4) is 5.75 Å². The van der Waals surface area contributed by atoms with E-state index in [4.69, 9.17) is 4.74 Å². The summed E-state index contributed by atoms with van der Waals surface area (Å²) >= 11 is 0. The monoisotopic (exact) mass is 279 g/mol. The van der Waals surface area contributed by atoms with Crippen LogP contribution in [0.5, 0.6) is 5.75 Å². The van der Waals surface area contributed by atoms with Crippen LogP contribution >= 0.6 is 0 Å². The molecule has 0 atom stereocenters. The van der Waals surface area contributed by atoms with Gasteiger partial charge in [-0.05, 0) is 30.5 Å². The lowest BCUT2D eigenvalue weighted by molar-refractivity contribution is -0.123. The molecule has 0 bridgehead atoms. The fraction of sp³-hybridized carbons (Fsp3) is 0.429. The van der Waals surface area contributed by atoms with Crippen molar-refractivity contribution in [2.45, 2.75) is 26.7 Å². The first kappa shape index (κ1) is 15.8. The van der Waals surface area contributed by atoms with Crippen LogP contribution in [0.2, 0.25) is 0 Å². The molecule has 0 radical (unpaired) electrons. The zero-order valence-electron chi connectivity index (χ0n) is 11.9. The zero-order chi connectivity index (χ0) is 14.8. The molecular formula is C14H21N3O3. The number of ether oxygens (including phenoxy) is 1. The van der Waals surface area contributed by atoms with Gasteiger partial charge in [0.25, 0.3) is 5.91 Å². The fourth-order valence-electron chi connectivity index (χ4n) is 1.42. The van der Waals surface area contributed by atoms with Gasteiger partial charge in [0.1, 0.15) is 5.75 Å². The van der Waals surface area contributed by atoms with E-state index in [9.17, 15) is 9.59 Å². The molecule has 1 rings (SSSR count). The maximum Gasteiger partial charge on any atom is 0.333 e. The van der Waals surface area contributed by atoms with Crippen LogP contribution in [-0.4, -0.2) is 25.1 Å². The number of nitrogens with one attached hydrogen (secondary N) is 3. The first-order valence-electron chi connectivity index (χ1n) is 6.70. The highest BCUT2D eigenvalue weighted by Gasteiger charge is 2.04. The highest BCUT2D eigenvalue weighted by molar-refractivity contribution is 5.81. The third kappa shape index (κ3) is 6.08. The largest absolute Gasteiger partial charge is 0.484 e. The van der Waals surface area contributed by atoms with Gasteiger partial charge in [-0.2, -0.15) is 0 Å². The maximum absolute atomic E-state index is 11.4. The van der Waals surface area contributed by atoms with E-state index in [-0.39, 0.29) is 6.61 Å². The summed E-state index contributed by atoms with van der Waals surface area (Å²) in [4.78, 5) is 22.6. The summed E-state index contributed by atoms with van der Waals surface area (Å²) in [5.74, 6) is 0.198. The Morgan fingerprint density at radius 2 is 1.80 bits per heavy atom. The molecule has 0 aromatic heterocycles. The van der Waals surface area contributed by atoms with Gasteiger partial charge in [-0.3, -0.25) is 10.2 Å². The van der Waals surface area contributed by atoms with Crippen molar-refractivity contribution in [3.05, 3.63) is 29.8 Å². The molecule has 1 aromatic carbocycles. The molecule has 0 heterocycles. The van der Waals surface area contributed by atoms with Crippen LogP contribution in [0.4, 0.5) is 4.79 Å². The second-order valence-corrected chi connectivity index (χ2v) is 4.22. The maximum atomic E-state index is 11.4. The van der Waals surface area contributed by atoms with Crippen molar-refractivity contribution in [1.82, 2.24) is 16.2 Å². The minimum atomic E-state index is -0.438. The van der Waals surface area contributed by atoms with Crippen LogP contribution in [0.25, 0.3) is 0 Å². The molecule has 6 heteroatoms. The van der Waals surface area contributed by atoms with Crippen LogP contribution in [0, 0.1) is 0 Å². The summed E-state index contributed by atoms with van der Waals surface area (Å²) in [6, 6.07) is 7.08. The SMILES string of the molecule is CCCNC(=O)NNC(=O)COc1ccc(CC)cc1. The van der Waals surface area contributed by atoms with Gasteiger partial charge < -0.3 is 10.1 Å². The molecular weight excluding hydrogens is 258 g/mol. The molecule has 1 aromatic rings. The molecule has 0 aliphatic carbocycles. The molecule has 0 spiro atoms. The summed E-state index contributed by atoms with van der Waals surface area (Å²) in [5.41, 5.74) is 5.71. The number of carbonyl (C=O) groups is 2. The smallest absolute Gasteiger partial charge is 0.333 e. The van der Waals surface area contributed by atoms with E-state index in [0.29, 0.717) is 12.3 Å². The number of hydrogen-bond acceptors (Lipinski definition) is 3. The number of aryl methyl sites for hydroxylation is 1. The van der Waals surface area contributed by atoms with Gasteiger partial charge in [-0.1, -0.05) is 26.0 Å². The van der Waals surface area contributed by atoms with Crippen LogP contribution in [-0.2, 0) is 11.2 Å². The number of urea groups is 1. The van der Waals surface area contributed by atoms with Crippen molar-refractivity contribution in [2.24, 2.45) is 0 Å². The highest BCUT2D eigenvalue weighted by Crippen LogP contribution is 2.12. The van der Waals surface area contributed by atoms with E-state index in [2.05, 4.69) is 23.1 Å². The fourth-order valence-corrected chi connectivity index (χ4v) is 1.42. The molecule has 0 aliphatic heterocycles. The molecule has 0 unspecified atom stereocenters. The van der Waals surface area contributed by atoms with Crippen molar-refractivity contribution >= 4 is 11.9 Å². The molecule has 110 valence electrons. The Morgan fingerprint density at radius 1 is 1.10 bits per heavy atom. The van der Waals surface area contributed by atoms with Gasteiger partial charge in [-0.25, -0.2) is 10.2 Å². The van der Waals surface area contributed by atoms with Crippen LogP contribution in [0.3, 0.4) is 0 Å². The number of hydrogen-bond donors (Lipinski definition) is 3. The summed E-state index contributed by atoms with van der Waals surface area (Å²) in [7, 11) is 0. The van der Waals surface area contributed by atoms with E-state index >= 15 is 0 Å². The lowest BCUT2D eigenvalue weighted by Crippen LogP contribution is -2.48. The van der Waals surface area contributed by atoms with E-state index < -0.39 is 11.9 Å². The summed E-state index contributed by atoms with van der Waals surface area (Å²) in [6.45, 7) is 4.41. The normalized spacial score (nSPS) is 9.70. The Kier molecular flexibility index (Phi) is 6.95. The first-order valence-corrected chi connectivity index (χ1v) is 6.70. The average Bonchev–Trinajstić information content (AvgIpc) is 2.49. The number of rotatable bonds is 6.